The van der Waals surface area contributed by atoms with Crippen LogP contribution in [0.2, 0.25) is 0 Å². The minimum absolute atomic E-state index is 0.000217. The van der Waals surface area contributed by atoms with E-state index in [4.69, 9.17) is 0 Å². The van der Waals surface area contributed by atoms with E-state index in [1.165, 1.54) is 30.3 Å². The monoisotopic (exact) mass is 328 g/mol. The summed E-state index contributed by atoms with van der Waals surface area (Å²) in [7, 11) is 0. The maximum absolute atomic E-state index is 13.2. The van der Waals surface area contributed by atoms with Crippen LogP contribution in [0.3, 0.4) is 0 Å². The number of benzene rings is 2. The van der Waals surface area contributed by atoms with E-state index in [2.05, 4.69) is 0 Å². The zero-order valence-corrected chi connectivity index (χ0v) is 13.2. The maximum atomic E-state index is 13.2. The molecule has 0 spiro atoms. The number of non-ortho nitro benzene ring substituents is 1. The summed E-state index contributed by atoms with van der Waals surface area (Å²) in [4.78, 5) is 24.0. The van der Waals surface area contributed by atoms with Crippen LogP contribution in [-0.4, -0.2) is 22.3 Å². The van der Waals surface area contributed by atoms with Crippen molar-refractivity contribution in [2.45, 2.75) is 13.5 Å². The van der Waals surface area contributed by atoms with Gasteiger partial charge < -0.3 is 4.90 Å². The Morgan fingerprint density at radius 2 is 1.96 bits per heavy atom. The van der Waals surface area contributed by atoms with Crippen LogP contribution in [0.5, 0.6) is 0 Å². The van der Waals surface area contributed by atoms with Crippen LogP contribution in [0.25, 0.3) is 6.08 Å². The molecule has 0 unspecified atom stereocenters. The Balaban J connectivity index is 2.04. The lowest BCUT2D eigenvalue weighted by Crippen LogP contribution is -2.28. The fourth-order valence-corrected chi connectivity index (χ4v) is 2.18. The Morgan fingerprint density at radius 1 is 1.25 bits per heavy atom. The SMILES string of the molecule is CCN(Cc1cccc(F)c1)C(=O)/C=C/c1ccc([N+](=O)[O-])cc1. The van der Waals surface area contributed by atoms with Crippen LogP contribution >= 0.6 is 0 Å². The van der Waals surface area contributed by atoms with Gasteiger partial charge in [-0.1, -0.05) is 12.1 Å². The summed E-state index contributed by atoms with van der Waals surface area (Å²) in [5.41, 5.74) is 1.41. The molecular weight excluding hydrogens is 311 g/mol. The van der Waals surface area contributed by atoms with Crippen LogP contribution in [0.1, 0.15) is 18.1 Å². The molecule has 0 aliphatic heterocycles. The van der Waals surface area contributed by atoms with Gasteiger partial charge >= 0.3 is 0 Å². The van der Waals surface area contributed by atoms with Gasteiger partial charge in [-0.25, -0.2) is 4.39 Å². The predicted octanol–water partition coefficient (Wildman–Crippen LogP) is 3.80. The molecule has 2 rings (SSSR count). The van der Waals surface area contributed by atoms with E-state index in [1.807, 2.05) is 6.92 Å². The Labute approximate surface area is 139 Å². The molecule has 1 amide bonds. The number of carbonyl (C=O) groups excluding carboxylic acids is 1. The van der Waals surface area contributed by atoms with E-state index >= 15 is 0 Å². The van der Waals surface area contributed by atoms with E-state index in [0.717, 1.165) is 0 Å². The van der Waals surface area contributed by atoms with Gasteiger partial charge in [0.15, 0.2) is 0 Å². The van der Waals surface area contributed by atoms with E-state index in [9.17, 15) is 19.3 Å². The molecule has 0 aliphatic rings. The van der Waals surface area contributed by atoms with E-state index in [1.54, 1.807) is 35.2 Å². The van der Waals surface area contributed by atoms with Crippen LogP contribution in [0.4, 0.5) is 10.1 Å². The van der Waals surface area contributed by atoms with Gasteiger partial charge in [0.05, 0.1) is 4.92 Å². The molecule has 0 aromatic heterocycles. The van der Waals surface area contributed by atoms with Crippen molar-refractivity contribution < 1.29 is 14.1 Å². The van der Waals surface area contributed by atoms with Gasteiger partial charge in [0.25, 0.3) is 5.69 Å². The summed E-state index contributed by atoms with van der Waals surface area (Å²) in [6.45, 7) is 2.65. The van der Waals surface area contributed by atoms with E-state index in [-0.39, 0.29) is 17.4 Å². The lowest BCUT2D eigenvalue weighted by Gasteiger charge is -2.19. The molecule has 2 aromatic rings. The zero-order valence-electron chi connectivity index (χ0n) is 13.2. The molecule has 0 saturated carbocycles. The summed E-state index contributed by atoms with van der Waals surface area (Å²) >= 11 is 0. The molecule has 2 aromatic carbocycles. The molecule has 124 valence electrons. The highest BCUT2D eigenvalue weighted by atomic mass is 19.1. The Kier molecular flexibility index (Phi) is 5.78. The van der Waals surface area contributed by atoms with Crippen LogP contribution < -0.4 is 0 Å². The summed E-state index contributed by atoms with van der Waals surface area (Å²) in [5.74, 6) is -0.544. The van der Waals surface area contributed by atoms with E-state index < -0.39 is 4.92 Å². The summed E-state index contributed by atoms with van der Waals surface area (Å²) < 4.78 is 13.2. The second-order valence-electron chi connectivity index (χ2n) is 5.16. The second kappa shape index (κ2) is 8.01. The van der Waals surface area contributed by atoms with Gasteiger partial charge in [0, 0.05) is 31.3 Å². The standard InChI is InChI=1S/C18H17FN2O3/c1-2-20(13-15-4-3-5-16(19)12-15)18(22)11-8-14-6-9-17(10-7-14)21(23)24/h3-12H,2,13H2,1H3/b11-8+. The van der Waals surface area contributed by atoms with Gasteiger partial charge in [-0.3, -0.25) is 14.9 Å². The zero-order chi connectivity index (χ0) is 17.5. The van der Waals surface area contributed by atoms with Crippen molar-refractivity contribution in [3.63, 3.8) is 0 Å². The molecule has 0 saturated heterocycles. The fourth-order valence-electron chi connectivity index (χ4n) is 2.18. The summed E-state index contributed by atoms with van der Waals surface area (Å²) in [6.07, 6.45) is 3.00. The first kappa shape index (κ1) is 17.3. The lowest BCUT2D eigenvalue weighted by atomic mass is 10.2. The molecular formula is C18H17FN2O3. The molecule has 0 heterocycles. The number of hydrogen-bond donors (Lipinski definition) is 0. The number of nitro groups is 1. The van der Waals surface area contributed by atoms with Gasteiger partial charge in [0.2, 0.25) is 5.91 Å². The van der Waals surface area contributed by atoms with Crippen LogP contribution in [0, 0.1) is 15.9 Å². The third-order valence-corrected chi connectivity index (χ3v) is 3.48. The first-order valence-electron chi connectivity index (χ1n) is 7.45. The van der Waals surface area contributed by atoms with Crippen molar-refractivity contribution in [3.05, 3.63) is 81.7 Å². The Bertz CT molecular complexity index is 757. The Hall–Kier alpha value is -3.02. The van der Waals surface area contributed by atoms with Crippen molar-refractivity contribution in [2.75, 3.05) is 6.54 Å². The average Bonchev–Trinajstić information content (AvgIpc) is 2.58. The average molecular weight is 328 g/mol. The number of rotatable bonds is 6. The van der Waals surface area contributed by atoms with Gasteiger partial charge in [0.1, 0.15) is 5.82 Å². The van der Waals surface area contributed by atoms with Gasteiger partial charge in [-0.05, 0) is 48.4 Å². The number of halogens is 1. The highest BCUT2D eigenvalue weighted by Crippen LogP contribution is 2.13. The largest absolute Gasteiger partial charge is 0.335 e. The number of hydrogen-bond acceptors (Lipinski definition) is 3. The molecule has 0 N–H and O–H groups in total. The summed E-state index contributed by atoms with van der Waals surface area (Å²) in [5, 5.41) is 10.6. The highest BCUT2D eigenvalue weighted by molar-refractivity contribution is 5.91. The van der Waals surface area contributed by atoms with E-state index in [0.29, 0.717) is 24.2 Å². The molecule has 24 heavy (non-hydrogen) atoms. The smallest absolute Gasteiger partial charge is 0.269 e. The highest BCUT2D eigenvalue weighted by Gasteiger charge is 2.10. The maximum Gasteiger partial charge on any atom is 0.269 e. The third-order valence-electron chi connectivity index (χ3n) is 3.48. The Morgan fingerprint density at radius 3 is 2.54 bits per heavy atom. The van der Waals surface area contributed by atoms with Crippen molar-refractivity contribution in [2.24, 2.45) is 0 Å². The van der Waals surface area contributed by atoms with Crippen LogP contribution in [-0.2, 0) is 11.3 Å². The molecule has 5 nitrogen and oxygen atoms in total. The third kappa shape index (κ3) is 4.74. The second-order valence-corrected chi connectivity index (χ2v) is 5.16. The molecule has 0 atom stereocenters. The van der Waals surface area contributed by atoms with Crippen molar-refractivity contribution in [3.8, 4) is 0 Å². The topological polar surface area (TPSA) is 63.5 Å². The lowest BCUT2D eigenvalue weighted by molar-refractivity contribution is -0.384. The number of nitro benzene ring substituents is 1. The number of likely N-dealkylation sites (N-methyl/N-ethyl adjacent to an activating group) is 1. The molecule has 0 bridgehead atoms. The minimum Gasteiger partial charge on any atom is -0.335 e. The molecule has 6 heteroatoms. The number of carbonyl (C=O) groups is 1. The minimum atomic E-state index is -0.476. The number of nitrogens with zero attached hydrogens (tertiary/aromatic N) is 2. The summed E-state index contributed by atoms with van der Waals surface area (Å²) in [6, 6.07) is 12.0. The van der Waals surface area contributed by atoms with Crippen LogP contribution in [0.15, 0.2) is 54.6 Å². The predicted molar refractivity (Wildman–Crippen MR) is 89.6 cm³/mol. The molecule has 0 radical (unpaired) electrons. The molecule has 0 fully saturated rings. The van der Waals surface area contributed by atoms with Crippen molar-refractivity contribution >= 4 is 17.7 Å². The first-order valence-corrected chi connectivity index (χ1v) is 7.45. The normalized spacial score (nSPS) is 10.8. The van der Waals surface area contributed by atoms with Gasteiger partial charge in [-0.15, -0.1) is 0 Å². The van der Waals surface area contributed by atoms with Crippen molar-refractivity contribution in [1.29, 1.82) is 0 Å². The molecule has 0 aliphatic carbocycles. The first-order chi connectivity index (χ1) is 11.5. The fraction of sp³-hybridized carbons (Fsp3) is 0.167. The van der Waals surface area contributed by atoms with Crippen molar-refractivity contribution in [1.82, 2.24) is 4.90 Å². The van der Waals surface area contributed by atoms with Gasteiger partial charge in [-0.2, -0.15) is 0 Å². The quantitative estimate of drug-likeness (QED) is 0.460. The number of amides is 1.